The molecular weight excluding hydrogens is 395 g/mol. The number of hydrogen-bond acceptors (Lipinski definition) is 0. The van der Waals surface area contributed by atoms with Gasteiger partial charge in [-0.1, -0.05) is 61.9 Å². The van der Waals surface area contributed by atoms with E-state index in [9.17, 15) is 22.0 Å². The molecule has 0 bridgehead atoms. The maximum atomic E-state index is 14.2. The predicted octanol–water partition coefficient (Wildman–Crippen LogP) is 8.22. The van der Waals surface area contributed by atoms with Gasteiger partial charge < -0.3 is 0 Å². The zero-order valence-corrected chi connectivity index (χ0v) is 16.4. The lowest BCUT2D eigenvalue weighted by molar-refractivity contribution is -0.0790. The fourth-order valence-corrected chi connectivity index (χ4v) is 3.19. The lowest BCUT2D eigenvalue weighted by atomic mass is 9.98. The summed E-state index contributed by atoms with van der Waals surface area (Å²) in [6.45, 7) is 2.15. The number of unbranched alkanes of at least 4 members (excludes halogenated alkanes) is 1. The second-order valence-corrected chi connectivity index (χ2v) is 7.11. The molecule has 0 N–H and O–H groups in total. The summed E-state index contributed by atoms with van der Waals surface area (Å²) in [7, 11) is 0. The molecule has 0 aliphatic heterocycles. The van der Waals surface area contributed by atoms with E-state index in [1.165, 1.54) is 5.56 Å². The van der Waals surface area contributed by atoms with E-state index < -0.39 is 23.4 Å². The van der Waals surface area contributed by atoms with Crippen LogP contribution in [0.3, 0.4) is 0 Å². The molecule has 0 atom stereocenters. The van der Waals surface area contributed by atoms with Gasteiger partial charge in [0.15, 0.2) is 0 Å². The van der Waals surface area contributed by atoms with Gasteiger partial charge in [0.25, 0.3) is 0 Å². The smallest absolute Gasteiger partial charge is 0.206 e. The Balaban J connectivity index is 1.81. The minimum absolute atomic E-state index is 0.184. The van der Waals surface area contributed by atoms with Crippen molar-refractivity contribution < 1.29 is 22.0 Å². The van der Waals surface area contributed by atoms with Gasteiger partial charge in [-0.2, -0.15) is 13.2 Å². The molecular formula is C25H21F5. The standard InChI is InChI=1S/C25H21F5/c1-2-3-4-17-5-7-18(8-6-17)19-9-11-20(12-10-19)21-15-23(26)22(24(27)16-21)13-14-25(28,29)30/h5-16H,2-4H2,1H3/b14-13+. The summed E-state index contributed by atoms with van der Waals surface area (Å²) in [6.07, 6.45) is -1.09. The Bertz CT molecular complexity index is 990. The lowest BCUT2D eigenvalue weighted by Gasteiger charge is -2.08. The molecule has 0 spiro atoms. The molecule has 3 rings (SSSR count). The summed E-state index contributed by atoms with van der Waals surface area (Å²) in [5, 5.41) is 0. The van der Waals surface area contributed by atoms with Crippen molar-refractivity contribution in [1.29, 1.82) is 0 Å². The van der Waals surface area contributed by atoms with E-state index in [1.54, 1.807) is 12.1 Å². The van der Waals surface area contributed by atoms with E-state index in [4.69, 9.17) is 0 Å². The zero-order valence-electron chi connectivity index (χ0n) is 16.4. The Kier molecular flexibility index (Phi) is 6.70. The molecule has 0 heterocycles. The van der Waals surface area contributed by atoms with Crippen molar-refractivity contribution in [2.24, 2.45) is 0 Å². The molecule has 0 saturated carbocycles. The molecule has 3 aromatic carbocycles. The van der Waals surface area contributed by atoms with Gasteiger partial charge in [-0.3, -0.25) is 0 Å². The van der Waals surface area contributed by atoms with Crippen LogP contribution < -0.4 is 0 Å². The average molecular weight is 416 g/mol. The van der Waals surface area contributed by atoms with Gasteiger partial charge in [0.2, 0.25) is 0 Å². The molecule has 0 fully saturated rings. The van der Waals surface area contributed by atoms with Crippen LogP contribution in [0.5, 0.6) is 0 Å². The second kappa shape index (κ2) is 9.24. The number of alkyl halides is 3. The van der Waals surface area contributed by atoms with E-state index in [1.807, 2.05) is 24.3 Å². The monoisotopic (exact) mass is 416 g/mol. The molecule has 0 radical (unpaired) electrons. The number of aryl methyl sites for hydroxylation is 1. The van der Waals surface area contributed by atoms with Crippen molar-refractivity contribution in [2.75, 3.05) is 0 Å². The van der Waals surface area contributed by atoms with Crippen LogP contribution in [0.25, 0.3) is 28.3 Å². The van der Waals surface area contributed by atoms with Gasteiger partial charge in [0.05, 0.1) is 0 Å². The molecule has 156 valence electrons. The highest BCUT2D eigenvalue weighted by Crippen LogP contribution is 2.29. The van der Waals surface area contributed by atoms with Gasteiger partial charge in [-0.05, 0) is 58.9 Å². The average Bonchev–Trinajstić information content (AvgIpc) is 2.71. The zero-order chi connectivity index (χ0) is 21.7. The highest BCUT2D eigenvalue weighted by atomic mass is 19.4. The van der Waals surface area contributed by atoms with Crippen molar-refractivity contribution in [3.05, 3.63) is 89.5 Å². The van der Waals surface area contributed by atoms with Crippen LogP contribution in [0.4, 0.5) is 22.0 Å². The fraction of sp³-hybridized carbons (Fsp3) is 0.200. The highest BCUT2D eigenvalue weighted by Gasteiger charge is 2.23. The minimum atomic E-state index is -4.64. The summed E-state index contributed by atoms with van der Waals surface area (Å²) >= 11 is 0. The Morgan fingerprint density at radius 3 is 1.67 bits per heavy atom. The van der Waals surface area contributed by atoms with Crippen LogP contribution in [0.2, 0.25) is 0 Å². The van der Waals surface area contributed by atoms with E-state index >= 15 is 0 Å². The summed E-state index contributed by atoms with van der Waals surface area (Å²) < 4.78 is 65.2. The molecule has 0 nitrogen and oxygen atoms in total. The van der Waals surface area contributed by atoms with E-state index in [0.29, 0.717) is 11.6 Å². The third-order valence-corrected chi connectivity index (χ3v) is 4.84. The number of rotatable bonds is 6. The van der Waals surface area contributed by atoms with Crippen LogP contribution in [0, 0.1) is 11.6 Å². The molecule has 0 aliphatic carbocycles. The maximum Gasteiger partial charge on any atom is 0.409 e. The third-order valence-electron chi connectivity index (χ3n) is 4.84. The van der Waals surface area contributed by atoms with Gasteiger partial charge in [0.1, 0.15) is 11.6 Å². The van der Waals surface area contributed by atoms with Gasteiger partial charge in [0, 0.05) is 11.6 Å². The van der Waals surface area contributed by atoms with Crippen molar-refractivity contribution in [3.63, 3.8) is 0 Å². The van der Waals surface area contributed by atoms with Crippen molar-refractivity contribution in [3.8, 4) is 22.3 Å². The lowest BCUT2D eigenvalue weighted by Crippen LogP contribution is -2.01. The summed E-state index contributed by atoms with van der Waals surface area (Å²) in [5.41, 5.74) is 3.40. The number of hydrogen-bond donors (Lipinski definition) is 0. The summed E-state index contributed by atoms with van der Waals surface area (Å²) in [5.74, 6) is -2.09. The largest absolute Gasteiger partial charge is 0.409 e. The first-order chi connectivity index (χ1) is 14.3. The Hall–Kier alpha value is -2.95. The fourth-order valence-electron chi connectivity index (χ4n) is 3.19. The van der Waals surface area contributed by atoms with Crippen LogP contribution >= 0.6 is 0 Å². The predicted molar refractivity (Wildman–Crippen MR) is 111 cm³/mol. The highest BCUT2D eigenvalue weighted by molar-refractivity contribution is 5.71. The molecule has 5 heteroatoms. The number of allylic oxidation sites excluding steroid dienone is 1. The van der Waals surface area contributed by atoms with Crippen molar-refractivity contribution in [1.82, 2.24) is 0 Å². The molecule has 0 saturated heterocycles. The molecule has 0 amide bonds. The maximum absolute atomic E-state index is 14.2. The van der Waals surface area contributed by atoms with Gasteiger partial charge >= 0.3 is 6.18 Å². The second-order valence-electron chi connectivity index (χ2n) is 7.11. The Morgan fingerprint density at radius 2 is 1.20 bits per heavy atom. The number of halogens is 5. The van der Waals surface area contributed by atoms with Crippen LogP contribution in [-0.2, 0) is 6.42 Å². The van der Waals surface area contributed by atoms with Crippen LogP contribution in [0.15, 0.2) is 66.7 Å². The Morgan fingerprint density at radius 1 is 0.733 bits per heavy atom. The molecule has 0 aliphatic rings. The van der Waals surface area contributed by atoms with Crippen molar-refractivity contribution in [2.45, 2.75) is 32.4 Å². The molecule has 0 unspecified atom stereocenters. The summed E-state index contributed by atoms with van der Waals surface area (Å²) in [4.78, 5) is 0. The topological polar surface area (TPSA) is 0 Å². The summed E-state index contributed by atoms with van der Waals surface area (Å²) in [6, 6.07) is 17.5. The molecule has 30 heavy (non-hydrogen) atoms. The Labute approximate surface area is 172 Å². The van der Waals surface area contributed by atoms with Gasteiger partial charge in [-0.25, -0.2) is 8.78 Å². The SMILES string of the molecule is CCCCc1ccc(-c2ccc(-c3cc(F)c(/C=C/C(F)(F)F)c(F)c3)cc2)cc1. The van der Waals surface area contributed by atoms with Crippen LogP contribution in [0.1, 0.15) is 30.9 Å². The van der Waals surface area contributed by atoms with E-state index in [0.717, 1.165) is 42.5 Å². The van der Waals surface area contributed by atoms with Gasteiger partial charge in [-0.15, -0.1) is 0 Å². The first kappa shape index (κ1) is 21.8. The first-order valence-electron chi connectivity index (χ1n) is 9.71. The van der Waals surface area contributed by atoms with Crippen molar-refractivity contribution >= 4 is 6.08 Å². The number of benzene rings is 3. The van der Waals surface area contributed by atoms with Crippen LogP contribution in [-0.4, -0.2) is 6.18 Å². The third kappa shape index (κ3) is 5.56. The normalized spacial score (nSPS) is 11.9. The minimum Gasteiger partial charge on any atom is -0.206 e. The van der Waals surface area contributed by atoms with E-state index in [-0.39, 0.29) is 11.6 Å². The molecule has 0 aromatic heterocycles. The first-order valence-corrected chi connectivity index (χ1v) is 9.71. The quantitative estimate of drug-likeness (QED) is 0.355. The van der Waals surface area contributed by atoms with E-state index in [2.05, 4.69) is 19.1 Å². The molecule has 3 aromatic rings.